The summed E-state index contributed by atoms with van der Waals surface area (Å²) in [6.45, 7) is 1.02. The summed E-state index contributed by atoms with van der Waals surface area (Å²) >= 11 is 1.47. The number of hydrogen-bond acceptors (Lipinski definition) is 4. The van der Waals surface area contributed by atoms with Gasteiger partial charge in [-0.25, -0.2) is 0 Å². The van der Waals surface area contributed by atoms with Gasteiger partial charge in [0.25, 0.3) is 5.91 Å². The van der Waals surface area contributed by atoms with E-state index in [1.165, 1.54) is 11.3 Å². The van der Waals surface area contributed by atoms with Gasteiger partial charge in [0.2, 0.25) is 5.91 Å². The lowest BCUT2D eigenvalue weighted by Gasteiger charge is -2.25. The molecule has 2 rings (SSSR count). The Balaban J connectivity index is 1.56. The third-order valence-corrected chi connectivity index (χ3v) is 4.51. The smallest absolute Gasteiger partial charge is 0.252 e. The van der Waals surface area contributed by atoms with E-state index >= 15 is 0 Å². The van der Waals surface area contributed by atoms with Crippen LogP contribution in [0.1, 0.15) is 42.5 Å². The van der Waals surface area contributed by atoms with E-state index in [0.717, 1.165) is 25.7 Å². The van der Waals surface area contributed by atoms with Crippen molar-refractivity contribution in [2.75, 3.05) is 13.1 Å². The number of hydrogen-bond donors (Lipinski definition) is 3. The maximum Gasteiger partial charge on any atom is 0.252 e. The van der Waals surface area contributed by atoms with Crippen LogP contribution >= 0.6 is 11.3 Å². The number of amides is 2. The number of rotatable bonds is 6. The van der Waals surface area contributed by atoms with Crippen molar-refractivity contribution in [1.29, 1.82) is 0 Å². The maximum atomic E-state index is 11.7. The molecule has 0 radical (unpaired) electrons. The SMILES string of the molecule is O=C(CCNC(=O)c1ccsc1)NCC1CCC(O)CC1. The molecule has 2 amide bonds. The van der Waals surface area contributed by atoms with Crippen LogP contribution in [0.3, 0.4) is 0 Å². The fourth-order valence-electron chi connectivity index (χ4n) is 2.48. The number of aliphatic hydroxyl groups is 1. The van der Waals surface area contributed by atoms with Gasteiger partial charge in [-0.1, -0.05) is 0 Å². The maximum absolute atomic E-state index is 11.7. The van der Waals surface area contributed by atoms with Crippen molar-refractivity contribution in [2.24, 2.45) is 5.92 Å². The largest absolute Gasteiger partial charge is 0.393 e. The fourth-order valence-corrected chi connectivity index (χ4v) is 3.12. The van der Waals surface area contributed by atoms with Gasteiger partial charge in [0, 0.05) is 30.5 Å². The molecule has 1 aliphatic carbocycles. The van der Waals surface area contributed by atoms with Crippen LogP contribution < -0.4 is 10.6 Å². The predicted octanol–water partition coefficient (Wildman–Crippen LogP) is 1.54. The van der Waals surface area contributed by atoms with Crippen LogP contribution in [0.2, 0.25) is 0 Å². The minimum atomic E-state index is -0.163. The number of carbonyl (C=O) groups excluding carboxylic acids is 2. The molecule has 1 fully saturated rings. The van der Waals surface area contributed by atoms with Crippen LogP contribution in [0.25, 0.3) is 0 Å². The molecular formula is C15H22N2O3S. The minimum Gasteiger partial charge on any atom is -0.393 e. The summed E-state index contributed by atoms with van der Waals surface area (Å²) in [6.07, 6.45) is 3.73. The Morgan fingerprint density at radius 3 is 2.67 bits per heavy atom. The molecule has 5 nitrogen and oxygen atoms in total. The van der Waals surface area contributed by atoms with E-state index in [4.69, 9.17) is 0 Å². The molecule has 1 heterocycles. The summed E-state index contributed by atoms with van der Waals surface area (Å²) in [7, 11) is 0. The summed E-state index contributed by atoms with van der Waals surface area (Å²) in [5.74, 6) is 0.301. The highest BCUT2D eigenvalue weighted by Gasteiger charge is 2.19. The first-order valence-corrected chi connectivity index (χ1v) is 8.34. The van der Waals surface area contributed by atoms with Crippen LogP contribution in [0.4, 0.5) is 0 Å². The Labute approximate surface area is 128 Å². The molecule has 0 spiro atoms. The molecule has 1 aromatic rings. The van der Waals surface area contributed by atoms with Crippen molar-refractivity contribution in [3.8, 4) is 0 Å². The second-order valence-corrected chi connectivity index (χ2v) is 6.28. The fraction of sp³-hybridized carbons (Fsp3) is 0.600. The van der Waals surface area contributed by atoms with Crippen molar-refractivity contribution < 1.29 is 14.7 Å². The first-order valence-electron chi connectivity index (χ1n) is 7.40. The van der Waals surface area contributed by atoms with Crippen molar-refractivity contribution in [1.82, 2.24) is 10.6 Å². The van der Waals surface area contributed by atoms with E-state index in [9.17, 15) is 14.7 Å². The van der Waals surface area contributed by atoms with E-state index in [-0.39, 0.29) is 17.9 Å². The summed E-state index contributed by atoms with van der Waals surface area (Å²) in [5, 5.41) is 18.7. The highest BCUT2D eigenvalue weighted by atomic mass is 32.1. The average Bonchev–Trinajstić information content (AvgIpc) is 3.01. The predicted molar refractivity (Wildman–Crippen MR) is 82.2 cm³/mol. The molecule has 1 aromatic heterocycles. The van der Waals surface area contributed by atoms with Gasteiger partial charge < -0.3 is 15.7 Å². The Hall–Kier alpha value is -1.40. The standard InChI is InChI=1S/C15H22N2O3S/c18-13-3-1-11(2-4-13)9-17-14(19)5-7-16-15(20)12-6-8-21-10-12/h6,8,10-11,13,18H,1-5,7,9H2,(H,16,20)(H,17,19). The normalized spacial score (nSPS) is 21.8. The zero-order valence-electron chi connectivity index (χ0n) is 12.0. The lowest BCUT2D eigenvalue weighted by Crippen LogP contribution is -2.34. The highest BCUT2D eigenvalue weighted by Crippen LogP contribution is 2.23. The van der Waals surface area contributed by atoms with Crippen molar-refractivity contribution >= 4 is 23.2 Å². The lowest BCUT2D eigenvalue weighted by atomic mass is 9.87. The number of thiophene rings is 1. The Kier molecular flexibility index (Phi) is 6.20. The van der Waals surface area contributed by atoms with Gasteiger partial charge >= 0.3 is 0 Å². The number of carbonyl (C=O) groups is 2. The molecule has 0 aliphatic heterocycles. The summed E-state index contributed by atoms with van der Waals surface area (Å²) in [6, 6.07) is 1.76. The molecule has 0 saturated heterocycles. The zero-order chi connectivity index (χ0) is 15.1. The van der Waals surface area contributed by atoms with Crippen LogP contribution in [0.5, 0.6) is 0 Å². The molecule has 0 atom stereocenters. The Bertz CT molecular complexity index is 453. The molecule has 6 heteroatoms. The van der Waals surface area contributed by atoms with E-state index < -0.39 is 0 Å². The van der Waals surface area contributed by atoms with E-state index in [0.29, 0.717) is 31.0 Å². The van der Waals surface area contributed by atoms with Crippen molar-refractivity contribution in [3.63, 3.8) is 0 Å². The summed E-state index contributed by atoms with van der Waals surface area (Å²) in [4.78, 5) is 23.4. The van der Waals surface area contributed by atoms with Gasteiger partial charge in [0.05, 0.1) is 6.10 Å². The Morgan fingerprint density at radius 1 is 1.24 bits per heavy atom. The molecule has 0 unspecified atom stereocenters. The minimum absolute atomic E-state index is 0.0354. The second-order valence-electron chi connectivity index (χ2n) is 5.50. The van der Waals surface area contributed by atoms with Crippen molar-refractivity contribution in [3.05, 3.63) is 22.4 Å². The van der Waals surface area contributed by atoms with Gasteiger partial charge in [-0.3, -0.25) is 9.59 Å². The molecule has 3 N–H and O–H groups in total. The first-order chi connectivity index (χ1) is 10.1. The monoisotopic (exact) mass is 310 g/mol. The van der Waals surface area contributed by atoms with E-state index in [1.807, 2.05) is 5.38 Å². The summed E-state index contributed by atoms with van der Waals surface area (Å²) < 4.78 is 0. The van der Waals surface area contributed by atoms with Gasteiger partial charge in [-0.05, 0) is 43.0 Å². The van der Waals surface area contributed by atoms with E-state index in [2.05, 4.69) is 10.6 Å². The average molecular weight is 310 g/mol. The van der Waals surface area contributed by atoms with Crippen LogP contribution in [-0.4, -0.2) is 36.1 Å². The van der Waals surface area contributed by atoms with Crippen molar-refractivity contribution in [2.45, 2.75) is 38.2 Å². The molecular weight excluding hydrogens is 288 g/mol. The molecule has 0 aromatic carbocycles. The van der Waals surface area contributed by atoms with Gasteiger partial charge in [-0.15, -0.1) is 0 Å². The molecule has 1 saturated carbocycles. The molecule has 116 valence electrons. The van der Waals surface area contributed by atoms with Gasteiger partial charge in [0.15, 0.2) is 0 Å². The number of nitrogens with one attached hydrogen (secondary N) is 2. The number of aliphatic hydroxyl groups excluding tert-OH is 1. The quantitative estimate of drug-likeness (QED) is 0.746. The summed E-state index contributed by atoms with van der Waals surface area (Å²) in [5.41, 5.74) is 0.640. The Morgan fingerprint density at radius 2 is 2.00 bits per heavy atom. The van der Waals surface area contributed by atoms with Gasteiger partial charge in [-0.2, -0.15) is 11.3 Å². The third-order valence-electron chi connectivity index (χ3n) is 3.83. The second kappa shape index (κ2) is 8.14. The zero-order valence-corrected chi connectivity index (χ0v) is 12.8. The van der Waals surface area contributed by atoms with Crippen LogP contribution in [0, 0.1) is 5.92 Å². The topological polar surface area (TPSA) is 78.4 Å². The van der Waals surface area contributed by atoms with E-state index in [1.54, 1.807) is 11.4 Å². The third kappa shape index (κ3) is 5.47. The molecule has 1 aliphatic rings. The van der Waals surface area contributed by atoms with Gasteiger partial charge in [0.1, 0.15) is 0 Å². The highest BCUT2D eigenvalue weighted by molar-refractivity contribution is 7.08. The lowest BCUT2D eigenvalue weighted by molar-refractivity contribution is -0.121. The van der Waals surface area contributed by atoms with Crippen LogP contribution in [-0.2, 0) is 4.79 Å². The van der Waals surface area contributed by atoms with Crippen LogP contribution in [0.15, 0.2) is 16.8 Å². The first kappa shape index (κ1) is 16.0. The molecule has 0 bridgehead atoms. The molecule has 21 heavy (non-hydrogen) atoms.